The lowest BCUT2D eigenvalue weighted by Gasteiger charge is -2.44. The van der Waals surface area contributed by atoms with Gasteiger partial charge in [-0.2, -0.15) is 4.31 Å². The molecule has 0 amide bonds. The molecule has 0 aliphatic carbocycles. The molecule has 1 aliphatic heterocycles. The number of benzene rings is 2. The molecule has 5 heteroatoms. The van der Waals surface area contributed by atoms with Crippen molar-refractivity contribution in [3.63, 3.8) is 0 Å². The number of piperazine rings is 1. The molecular weight excluding hydrogens is 356 g/mol. The van der Waals surface area contributed by atoms with Gasteiger partial charge in [0, 0.05) is 31.7 Å². The van der Waals surface area contributed by atoms with Crippen LogP contribution in [0.5, 0.6) is 0 Å². The summed E-state index contributed by atoms with van der Waals surface area (Å²) >= 11 is 0. The van der Waals surface area contributed by atoms with Crippen LogP contribution in [0.25, 0.3) is 0 Å². The molecule has 0 bridgehead atoms. The van der Waals surface area contributed by atoms with Crippen molar-refractivity contribution >= 4 is 10.0 Å². The van der Waals surface area contributed by atoms with E-state index in [1.165, 1.54) is 5.56 Å². The molecule has 0 spiro atoms. The molecule has 2 aromatic carbocycles. The largest absolute Gasteiger partial charge is 0.295 e. The first-order valence-electron chi connectivity index (χ1n) is 9.66. The van der Waals surface area contributed by atoms with Gasteiger partial charge in [-0.1, -0.05) is 48.0 Å². The monoisotopic (exact) mass is 386 g/mol. The molecule has 4 nitrogen and oxygen atoms in total. The van der Waals surface area contributed by atoms with Gasteiger partial charge in [0.25, 0.3) is 0 Å². The fourth-order valence-electron chi connectivity index (χ4n) is 4.08. The minimum absolute atomic E-state index is 0.193. The zero-order chi connectivity index (χ0) is 19.6. The minimum Gasteiger partial charge on any atom is -0.295 e. The third-order valence-corrected chi connectivity index (χ3v) is 7.51. The summed E-state index contributed by atoms with van der Waals surface area (Å²) in [6.07, 6.45) is 0.985. The van der Waals surface area contributed by atoms with Crippen molar-refractivity contribution < 1.29 is 8.42 Å². The van der Waals surface area contributed by atoms with Crippen LogP contribution in [0, 0.1) is 13.8 Å². The number of rotatable bonds is 5. The third kappa shape index (κ3) is 4.42. The normalized spacial score (nSPS) is 22.1. The maximum atomic E-state index is 13.2. The predicted molar refractivity (Wildman–Crippen MR) is 110 cm³/mol. The minimum atomic E-state index is -3.46. The Kier molecular flexibility index (Phi) is 6.04. The van der Waals surface area contributed by atoms with Gasteiger partial charge in [-0.3, -0.25) is 4.90 Å². The van der Waals surface area contributed by atoms with Gasteiger partial charge in [0.15, 0.2) is 0 Å². The Hall–Kier alpha value is -1.69. The van der Waals surface area contributed by atoms with Gasteiger partial charge in [-0.25, -0.2) is 8.42 Å². The van der Waals surface area contributed by atoms with Crippen LogP contribution in [-0.4, -0.2) is 49.3 Å². The molecule has 2 atom stereocenters. The van der Waals surface area contributed by atoms with Gasteiger partial charge in [-0.15, -0.1) is 0 Å². The van der Waals surface area contributed by atoms with Crippen LogP contribution in [-0.2, 0) is 16.4 Å². The summed E-state index contributed by atoms with van der Waals surface area (Å²) in [6, 6.07) is 16.4. The second-order valence-electron chi connectivity index (χ2n) is 7.76. The van der Waals surface area contributed by atoms with E-state index < -0.39 is 10.0 Å². The summed E-state index contributed by atoms with van der Waals surface area (Å²) < 4.78 is 28.1. The first-order valence-corrected chi connectivity index (χ1v) is 11.1. The molecule has 0 aromatic heterocycles. The highest BCUT2D eigenvalue weighted by Gasteiger charge is 2.36. The highest BCUT2D eigenvalue weighted by Crippen LogP contribution is 2.26. The molecule has 3 rings (SSSR count). The SMILES string of the molecule is Cc1ccc(S(=O)(=O)N2CC(C)N(CCc3ccccc3)C(C)C2)c(C)c1. The Morgan fingerprint density at radius 2 is 1.59 bits per heavy atom. The molecule has 1 fully saturated rings. The molecule has 1 aliphatic rings. The smallest absolute Gasteiger partial charge is 0.243 e. The van der Waals surface area contributed by atoms with E-state index in [0.717, 1.165) is 24.1 Å². The van der Waals surface area contributed by atoms with Gasteiger partial charge in [0.05, 0.1) is 4.90 Å². The summed E-state index contributed by atoms with van der Waals surface area (Å²) in [5, 5.41) is 0. The van der Waals surface area contributed by atoms with E-state index in [-0.39, 0.29) is 12.1 Å². The first-order chi connectivity index (χ1) is 12.8. The summed E-state index contributed by atoms with van der Waals surface area (Å²) in [7, 11) is -3.46. The van der Waals surface area contributed by atoms with Gasteiger partial charge >= 0.3 is 0 Å². The summed E-state index contributed by atoms with van der Waals surface area (Å²) in [5.41, 5.74) is 3.22. The molecule has 0 saturated carbocycles. The second kappa shape index (κ2) is 8.13. The van der Waals surface area contributed by atoms with Gasteiger partial charge in [0.1, 0.15) is 0 Å². The van der Waals surface area contributed by atoms with Crippen molar-refractivity contribution in [3.8, 4) is 0 Å². The summed E-state index contributed by atoms with van der Waals surface area (Å²) in [4.78, 5) is 2.87. The summed E-state index contributed by atoms with van der Waals surface area (Å²) in [6.45, 7) is 10.1. The molecule has 0 radical (unpaired) electrons. The average molecular weight is 387 g/mol. The number of nitrogens with zero attached hydrogens (tertiary/aromatic N) is 2. The summed E-state index contributed by atoms with van der Waals surface area (Å²) in [5.74, 6) is 0. The van der Waals surface area contributed by atoms with Gasteiger partial charge in [-0.05, 0) is 51.3 Å². The standard InChI is InChI=1S/C22H30N2O2S/c1-17-10-11-22(18(2)14-17)27(25,26)23-15-19(3)24(20(4)16-23)13-12-21-8-6-5-7-9-21/h5-11,14,19-20H,12-13,15-16H2,1-4H3. The predicted octanol–water partition coefficient (Wildman–Crippen LogP) is 3.63. The molecular formula is C22H30N2O2S. The zero-order valence-corrected chi connectivity index (χ0v) is 17.5. The van der Waals surface area contributed by atoms with E-state index in [4.69, 9.17) is 0 Å². The number of sulfonamides is 1. The van der Waals surface area contributed by atoms with Crippen molar-refractivity contribution in [1.82, 2.24) is 9.21 Å². The number of hydrogen-bond acceptors (Lipinski definition) is 3. The zero-order valence-electron chi connectivity index (χ0n) is 16.7. The van der Waals surface area contributed by atoms with E-state index in [9.17, 15) is 8.42 Å². The second-order valence-corrected chi connectivity index (χ2v) is 9.67. The van der Waals surface area contributed by atoms with E-state index >= 15 is 0 Å². The van der Waals surface area contributed by atoms with Crippen LogP contribution < -0.4 is 0 Å². The molecule has 1 saturated heterocycles. The van der Waals surface area contributed by atoms with Gasteiger partial charge < -0.3 is 0 Å². The van der Waals surface area contributed by atoms with Crippen LogP contribution in [0.3, 0.4) is 0 Å². The lowest BCUT2D eigenvalue weighted by Crippen LogP contribution is -2.58. The maximum absolute atomic E-state index is 13.2. The highest BCUT2D eigenvalue weighted by atomic mass is 32.2. The highest BCUT2D eigenvalue weighted by molar-refractivity contribution is 7.89. The maximum Gasteiger partial charge on any atom is 0.243 e. The Labute approximate surface area is 163 Å². The van der Waals surface area contributed by atoms with Crippen molar-refractivity contribution in [2.75, 3.05) is 19.6 Å². The van der Waals surface area contributed by atoms with Gasteiger partial charge in [0.2, 0.25) is 10.0 Å². The van der Waals surface area contributed by atoms with Crippen LogP contribution in [0.15, 0.2) is 53.4 Å². The fraction of sp³-hybridized carbons (Fsp3) is 0.455. The Bertz CT molecular complexity index is 868. The Balaban J connectivity index is 1.72. The molecule has 1 heterocycles. The topological polar surface area (TPSA) is 40.6 Å². The van der Waals surface area contributed by atoms with Crippen molar-refractivity contribution in [2.45, 2.75) is 51.1 Å². The number of aryl methyl sites for hydroxylation is 2. The Morgan fingerprint density at radius 3 is 2.19 bits per heavy atom. The lowest BCUT2D eigenvalue weighted by atomic mass is 10.1. The molecule has 27 heavy (non-hydrogen) atoms. The van der Waals surface area contributed by atoms with Crippen LogP contribution in [0.1, 0.15) is 30.5 Å². The van der Waals surface area contributed by atoms with Crippen LogP contribution in [0.2, 0.25) is 0 Å². The van der Waals surface area contributed by atoms with Crippen molar-refractivity contribution in [2.24, 2.45) is 0 Å². The van der Waals surface area contributed by atoms with E-state index in [0.29, 0.717) is 18.0 Å². The number of hydrogen-bond donors (Lipinski definition) is 0. The molecule has 146 valence electrons. The average Bonchev–Trinajstić information content (AvgIpc) is 2.61. The fourth-order valence-corrected chi connectivity index (χ4v) is 5.88. The molecule has 0 N–H and O–H groups in total. The van der Waals surface area contributed by atoms with E-state index in [1.54, 1.807) is 10.4 Å². The van der Waals surface area contributed by atoms with E-state index in [2.05, 4.69) is 43.0 Å². The molecule has 2 unspecified atom stereocenters. The van der Waals surface area contributed by atoms with E-state index in [1.807, 2.05) is 32.0 Å². The van der Waals surface area contributed by atoms with Crippen molar-refractivity contribution in [1.29, 1.82) is 0 Å². The Morgan fingerprint density at radius 1 is 0.963 bits per heavy atom. The lowest BCUT2D eigenvalue weighted by molar-refractivity contribution is 0.0783. The van der Waals surface area contributed by atoms with Crippen LogP contribution in [0.4, 0.5) is 0 Å². The quantitative estimate of drug-likeness (QED) is 0.788. The first kappa shape index (κ1) is 20.1. The van der Waals surface area contributed by atoms with Crippen LogP contribution >= 0.6 is 0 Å². The third-order valence-electron chi connectivity index (χ3n) is 5.52. The van der Waals surface area contributed by atoms with Crippen molar-refractivity contribution in [3.05, 3.63) is 65.2 Å². The molecule has 2 aromatic rings.